The van der Waals surface area contributed by atoms with E-state index in [0.29, 0.717) is 6.54 Å². The molecule has 0 bridgehead atoms. The Balaban J connectivity index is 2.67. The maximum atomic E-state index is 5.94. The number of ether oxygens (including phenoxy) is 1. The molecule has 0 aliphatic carbocycles. The van der Waals surface area contributed by atoms with Crippen LogP contribution >= 0.6 is 0 Å². The van der Waals surface area contributed by atoms with E-state index >= 15 is 0 Å². The normalized spacial score (nSPS) is 13.3. The summed E-state index contributed by atoms with van der Waals surface area (Å²) in [7, 11) is 2.11. The molecule has 0 radical (unpaired) electrons. The lowest BCUT2D eigenvalue weighted by Gasteiger charge is -2.28. The molecule has 0 saturated heterocycles. The molecule has 1 aromatic carbocycles. The third kappa shape index (κ3) is 4.94. The van der Waals surface area contributed by atoms with Crippen molar-refractivity contribution >= 4 is 0 Å². The Morgan fingerprint density at radius 2 is 1.89 bits per heavy atom. The second-order valence-corrected chi connectivity index (χ2v) is 5.50. The van der Waals surface area contributed by atoms with Crippen LogP contribution in [0, 0.1) is 13.8 Å². The van der Waals surface area contributed by atoms with Gasteiger partial charge in [0.2, 0.25) is 0 Å². The first-order chi connectivity index (χ1) is 8.95. The van der Waals surface area contributed by atoms with E-state index in [4.69, 9.17) is 10.5 Å². The molecule has 0 amide bonds. The number of likely N-dealkylation sites (N-methyl/N-ethyl adjacent to an activating group) is 1. The molecule has 0 saturated carbocycles. The van der Waals surface area contributed by atoms with Crippen LogP contribution in [0.3, 0.4) is 0 Å². The highest BCUT2D eigenvalue weighted by atomic mass is 16.5. The zero-order valence-corrected chi connectivity index (χ0v) is 12.9. The van der Waals surface area contributed by atoms with Crippen molar-refractivity contribution in [1.82, 2.24) is 4.90 Å². The molecule has 108 valence electrons. The smallest absolute Gasteiger partial charge is 0.0597 e. The standard InChI is InChI=1S/C16H28N2O/c1-12(2)19-9-8-18(5)16(11-17)15-7-6-13(3)14(4)10-15/h6-7,10,12,16H,8-9,11,17H2,1-5H3. The van der Waals surface area contributed by atoms with Gasteiger partial charge >= 0.3 is 0 Å². The summed E-state index contributed by atoms with van der Waals surface area (Å²) in [6.07, 6.45) is 0.284. The van der Waals surface area contributed by atoms with Crippen molar-refractivity contribution in [2.45, 2.75) is 39.8 Å². The maximum Gasteiger partial charge on any atom is 0.0597 e. The van der Waals surface area contributed by atoms with Gasteiger partial charge < -0.3 is 10.5 Å². The van der Waals surface area contributed by atoms with Crippen LogP contribution in [0.2, 0.25) is 0 Å². The predicted octanol–water partition coefficient (Wildman–Crippen LogP) is 2.66. The Hall–Kier alpha value is -0.900. The van der Waals surface area contributed by atoms with Gasteiger partial charge in [0.1, 0.15) is 0 Å². The van der Waals surface area contributed by atoms with Crippen LogP contribution in [-0.4, -0.2) is 37.7 Å². The third-order valence-electron chi connectivity index (χ3n) is 3.57. The van der Waals surface area contributed by atoms with Gasteiger partial charge in [0, 0.05) is 19.1 Å². The highest BCUT2D eigenvalue weighted by molar-refractivity contribution is 5.31. The molecule has 3 heteroatoms. The van der Waals surface area contributed by atoms with E-state index in [-0.39, 0.29) is 12.1 Å². The van der Waals surface area contributed by atoms with Crippen LogP contribution in [0.15, 0.2) is 18.2 Å². The van der Waals surface area contributed by atoms with Gasteiger partial charge in [-0.05, 0) is 51.4 Å². The molecule has 0 aliphatic rings. The number of hydrogen-bond acceptors (Lipinski definition) is 3. The highest BCUT2D eigenvalue weighted by Gasteiger charge is 2.15. The fourth-order valence-corrected chi connectivity index (χ4v) is 2.13. The first-order valence-electron chi connectivity index (χ1n) is 7.04. The summed E-state index contributed by atoms with van der Waals surface area (Å²) in [5.74, 6) is 0. The van der Waals surface area contributed by atoms with Crippen LogP contribution in [0.4, 0.5) is 0 Å². The van der Waals surface area contributed by atoms with E-state index in [1.54, 1.807) is 0 Å². The van der Waals surface area contributed by atoms with Crippen molar-refractivity contribution < 1.29 is 4.74 Å². The molecule has 0 aliphatic heterocycles. The van der Waals surface area contributed by atoms with Crippen molar-refractivity contribution in [3.8, 4) is 0 Å². The molecule has 3 nitrogen and oxygen atoms in total. The highest BCUT2D eigenvalue weighted by Crippen LogP contribution is 2.20. The number of nitrogens with zero attached hydrogens (tertiary/aromatic N) is 1. The molecular formula is C16H28N2O. The van der Waals surface area contributed by atoms with Gasteiger partial charge in [0.05, 0.1) is 12.7 Å². The van der Waals surface area contributed by atoms with Crippen LogP contribution in [0.25, 0.3) is 0 Å². The number of hydrogen-bond donors (Lipinski definition) is 1. The topological polar surface area (TPSA) is 38.5 Å². The molecule has 0 spiro atoms. The monoisotopic (exact) mass is 264 g/mol. The minimum atomic E-state index is 0.259. The Bertz CT molecular complexity index is 390. The summed E-state index contributed by atoms with van der Waals surface area (Å²) in [5, 5.41) is 0. The average Bonchev–Trinajstić information content (AvgIpc) is 2.34. The van der Waals surface area contributed by atoms with Crippen molar-refractivity contribution in [2.75, 3.05) is 26.7 Å². The van der Waals surface area contributed by atoms with Crippen molar-refractivity contribution in [3.63, 3.8) is 0 Å². The third-order valence-corrected chi connectivity index (χ3v) is 3.57. The van der Waals surface area contributed by atoms with Crippen LogP contribution in [0.5, 0.6) is 0 Å². The molecule has 19 heavy (non-hydrogen) atoms. The van der Waals surface area contributed by atoms with E-state index in [0.717, 1.165) is 13.2 Å². The molecule has 1 aromatic rings. The van der Waals surface area contributed by atoms with Gasteiger partial charge in [-0.1, -0.05) is 18.2 Å². The van der Waals surface area contributed by atoms with E-state index in [1.165, 1.54) is 16.7 Å². The van der Waals surface area contributed by atoms with Gasteiger partial charge in [-0.3, -0.25) is 4.90 Å². The molecule has 0 heterocycles. The average molecular weight is 264 g/mol. The van der Waals surface area contributed by atoms with Crippen LogP contribution < -0.4 is 5.73 Å². The zero-order valence-electron chi connectivity index (χ0n) is 12.9. The molecular weight excluding hydrogens is 236 g/mol. The zero-order chi connectivity index (χ0) is 14.4. The van der Waals surface area contributed by atoms with Crippen LogP contribution in [-0.2, 0) is 4.74 Å². The summed E-state index contributed by atoms with van der Waals surface area (Å²) in [6.45, 7) is 10.7. The molecule has 1 unspecified atom stereocenters. The summed E-state index contributed by atoms with van der Waals surface area (Å²) in [4.78, 5) is 2.27. The molecule has 0 fully saturated rings. The van der Waals surface area contributed by atoms with E-state index in [2.05, 4.69) is 57.8 Å². The fraction of sp³-hybridized carbons (Fsp3) is 0.625. The van der Waals surface area contributed by atoms with Crippen molar-refractivity contribution in [1.29, 1.82) is 0 Å². The lowest BCUT2D eigenvalue weighted by atomic mass is 10.0. The van der Waals surface area contributed by atoms with Gasteiger partial charge in [-0.2, -0.15) is 0 Å². The summed E-state index contributed by atoms with van der Waals surface area (Å²) in [6, 6.07) is 6.85. The summed E-state index contributed by atoms with van der Waals surface area (Å²) in [5.41, 5.74) is 9.88. The quantitative estimate of drug-likeness (QED) is 0.823. The number of benzene rings is 1. The van der Waals surface area contributed by atoms with E-state index < -0.39 is 0 Å². The second kappa shape index (κ2) is 7.63. The number of aryl methyl sites for hydroxylation is 2. The fourth-order valence-electron chi connectivity index (χ4n) is 2.13. The largest absolute Gasteiger partial charge is 0.377 e. The maximum absolute atomic E-state index is 5.94. The van der Waals surface area contributed by atoms with E-state index in [1.807, 2.05) is 0 Å². The first-order valence-corrected chi connectivity index (χ1v) is 7.04. The van der Waals surface area contributed by atoms with E-state index in [9.17, 15) is 0 Å². The lowest BCUT2D eigenvalue weighted by Crippen LogP contribution is -2.33. The molecule has 2 N–H and O–H groups in total. The molecule has 0 aromatic heterocycles. The lowest BCUT2D eigenvalue weighted by molar-refractivity contribution is 0.0564. The predicted molar refractivity (Wildman–Crippen MR) is 81.4 cm³/mol. The molecule has 1 atom stereocenters. The Morgan fingerprint density at radius 3 is 2.42 bits per heavy atom. The first kappa shape index (κ1) is 16.2. The molecule has 1 rings (SSSR count). The van der Waals surface area contributed by atoms with Gasteiger partial charge in [0.15, 0.2) is 0 Å². The minimum absolute atomic E-state index is 0.259. The number of nitrogens with two attached hydrogens (primary N) is 1. The SMILES string of the molecule is Cc1ccc(C(CN)N(C)CCOC(C)C)cc1C. The number of rotatable bonds is 7. The summed E-state index contributed by atoms with van der Waals surface area (Å²) < 4.78 is 5.60. The van der Waals surface area contributed by atoms with Crippen molar-refractivity contribution in [3.05, 3.63) is 34.9 Å². The second-order valence-electron chi connectivity index (χ2n) is 5.50. The Kier molecular flexibility index (Phi) is 6.49. The minimum Gasteiger partial charge on any atom is -0.377 e. The van der Waals surface area contributed by atoms with Crippen molar-refractivity contribution in [2.24, 2.45) is 5.73 Å². The Labute approximate surface area is 117 Å². The van der Waals surface area contributed by atoms with Gasteiger partial charge in [-0.25, -0.2) is 0 Å². The van der Waals surface area contributed by atoms with Crippen LogP contribution in [0.1, 0.15) is 36.6 Å². The van der Waals surface area contributed by atoms with Gasteiger partial charge in [-0.15, -0.1) is 0 Å². The summed E-state index contributed by atoms with van der Waals surface area (Å²) >= 11 is 0. The Morgan fingerprint density at radius 1 is 1.21 bits per heavy atom. The van der Waals surface area contributed by atoms with Gasteiger partial charge in [0.25, 0.3) is 0 Å².